The molecule has 2 heterocycles. The van der Waals surface area contributed by atoms with Gasteiger partial charge in [0.1, 0.15) is 0 Å². The zero-order chi connectivity index (χ0) is 16.1. The van der Waals surface area contributed by atoms with Gasteiger partial charge in [-0.2, -0.15) is 0 Å². The number of hydrogen-bond acceptors (Lipinski definition) is 4. The first-order valence-electron chi connectivity index (χ1n) is 8.51. The molecule has 1 aromatic carbocycles. The number of amides is 1. The maximum atomic E-state index is 12.4. The van der Waals surface area contributed by atoms with Crippen molar-refractivity contribution < 1.29 is 14.6 Å². The maximum absolute atomic E-state index is 12.4. The van der Waals surface area contributed by atoms with Crippen molar-refractivity contribution in [3.05, 3.63) is 35.4 Å². The zero-order valence-electron chi connectivity index (χ0n) is 13.6. The molecular formula is C18H26N2O3. The molecule has 0 spiro atoms. The van der Waals surface area contributed by atoms with Crippen LogP contribution in [0.2, 0.25) is 0 Å². The number of hydrogen-bond donors (Lipinski definition) is 1. The number of carbonyl (C=O) groups is 1. The average molecular weight is 318 g/mol. The smallest absolute Gasteiger partial charge is 0.236 e. The van der Waals surface area contributed by atoms with Crippen molar-refractivity contribution in [3.63, 3.8) is 0 Å². The normalized spacial score (nSPS) is 22.5. The lowest BCUT2D eigenvalue weighted by atomic mass is 9.98. The molecule has 5 nitrogen and oxygen atoms in total. The average Bonchev–Trinajstić information content (AvgIpc) is 3.05. The van der Waals surface area contributed by atoms with Crippen molar-refractivity contribution in [2.45, 2.75) is 19.4 Å². The van der Waals surface area contributed by atoms with Crippen LogP contribution in [0, 0.1) is 5.92 Å². The monoisotopic (exact) mass is 318 g/mol. The fraction of sp³-hybridized carbons (Fsp3) is 0.611. The van der Waals surface area contributed by atoms with E-state index in [0.717, 1.165) is 57.8 Å². The highest BCUT2D eigenvalue weighted by Gasteiger charge is 2.27. The van der Waals surface area contributed by atoms with Crippen molar-refractivity contribution >= 4 is 5.91 Å². The van der Waals surface area contributed by atoms with E-state index in [0.29, 0.717) is 12.5 Å². The lowest BCUT2D eigenvalue weighted by Gasteiger charge is -2.28. The van der Waals surface area contributed by atoms with Gasteiger partial charge in [0.2, 0.25) is 5.91 Å². The molecule has 2 aliphatic rings. The molecule has 1 unspecified atom stereocenters. The summed E-state index contributed by atoms with van der Waals surface area (Å²) in [5.74, 6) is 0.800. The highest BCUT2D eigenvalue weighted by Crippen LogP contribution is 2.21. The number of aliphatic hydroxyl groups excluding tert-OH is 1. The molecule has 0 saturated carbocycles. The Kier molecular flexibility index (Phi) is 5.65. The maximum Gasteiger partial charge on any atom is 0.236 e. The molecule has 1 amide bonds. The quantitative estimate of drug-likeness (QED) is 0.876. The molecule has 5 heteroatoms. The third-order valence-corrected chi connectivity index (χ3v) is 4.83. The van der Waals surface area contributed by atoms with Gasteiger partial charge in [-0.3, -0.25) is 9.69 Å². The molecule has 1 atom stereocenters. The second-order valence-electron chi connectivity index (χ2n) is 6.56. The van der Waals surface area contributed by atoms with Crippen LogP contribution < -0.4 is 0 Å². The Bertz CT molecular complexity index is 512. The zero-order valence-corrected chi connectivity index (χ0v) is 13.6. The number of ether oxygens (including phenoxy) is 1. The minimum Gasteiger partial charge on any atom is -0.392 e. The van der Waals surface area contributed by atoms with Crippen LogP contribution in [0.25, 0.3) is 0 Å². The molecule has 1 aromatic rings. The topological polar surface area (TPSA) is 53.0 Å². The SMILES string of the molecule is O=C(CN1CCOCC1)N1CCC(Cc2ccc(CO)cc2)C1. The van der Waals surface area contributed by atoms with Crippen molar-refractivity contribution in [1.82, 2.24) is 9.80 Å². The van der Waals surface area contributed by atoms with E-state index in [1.165, 1.54) is 5.56 Å². The number of carbonyl (C=O) groups excluding carboxylic acids is 1. The van der Waals surface area contributed by atoms with Gasteiger partial charge in [0.05, 0.1) is 26.4 Å². The van der Waals surface area contributed by atoms with E-state index < -0.39 is 0 Å². The van der Waals surface area contributed by atoms with Crippen LogP contribution >= 0.6 is 0 Å². The van der Waals surface area contributed by atoms with E-state index in [-0.39, 0.29) is 12.5 Å². The van der Waals surface area contributed by atoms with Crippen LogP contribution in [-0.4, -0.2) is 66.8 Å². The highest BCUT2D eigenvalue weighted by molar-refractivity contribution is 5.78. The second-order valence-corrected chi connectivity index (χ2v) is 6.56. The molecule has 0 bridgehead atoms. The number of nitrogens with zero attached hydrogens (tertiary/aromatic N) is 2. The summed E-state index contributed by atoms with van der Waals surface area (Å²) in [6.45, 7) is 5.56. The molecule has 3 rings (SSSR count). The van der Waals surface area contributed by atoms with Gasteiger partial charge >= 0.3 is 0 Å². The summed E-state index contributed by atoms with van der Waals surface area (Å²) in [4.78, 5) is 16.6. The molecule has 23 heavy (non-hydrogen) atoms. The Labute approximate surface area is 137 Å². The predicted octanol–water partition coefficient (Wildman–Crippen LogP) is 0.902. The van der Waals surface area contributed by atoms with E-state index in [4.69, 9.17) is 9.84 Å². The van der Waals surface area contributed by atoms with Gasteiger partial charge in [0, 0.05) is 26.2 Å². The fourth-order valence-electron chi connectivity index (χ4n) is 3.39. The molecule has 0 radical (unpaired) electrons. The van der Waals surface area contributed by atoms with Crippen LogP contribution in [0.5, 0.6) is 0 Å². The Balaban J connectivity index is 1.46. The van der Waals surface area contributed by atoms with Crippen LogP contribution in [0.4, 0.5) is 0 Å². The summed E-state index contributed by atoms with van der Waals surface area (Å²) in [5, 5.41) is 9.09. The van der Waals surface area contributed by atoms with Crippen LogP contribution in [0.15, 0.2) is 24.3 Å². The Morgan fingerprint density at radius 2 is 1.83 bits per heavy atom. The van der Waals surface area contributed by atoms with Gasteiger partial charge in [0.15, 0.2) is 0 Å². The number of likely N-dealkylation sites (tertiary alicyclic amines) is 1. The summed E-state index contributed by atoms with van der Waals surface area (Å²) >= 11 is 0. The second kappa shape index (κ2) is 7.90. The van der Waals surface area contributed by atoms with Crippen molar-refractivity contribution in [2.75, 3.05) is 45.9 Å². The first-order valence-corrected chi connectivity index (χ1v) is 8.51. The summed E-state index contributed by atoms with van der Waals surface area (Å²) < 4.78 is 5.32. The van der Waals surface area contributed by atoms with E-state index in [1.54, 1.807) is 0 Å². The van der Waals surface area contributed by atoms with Crippen molar-refractivity contribution in [3.8, 4) is 0 Å². The molecule has 2 saturated heterocycles. The van der Waals surface area contributed by atoms with E-state index in [1.807, 2.05) is 17.0 Å². The summed E-state index contributed by atoms with van der Waals surface area (Å²) in [6, 6.07) is 8.13. The Morgan fingerprint density at radius 1 is 1.13 bits per heavy atom. The third-order valence-electron chi connectivity index (χ3n) is 4.83. The van der Waals surface area contributed by atoms with E-state index >= 15 is 0 Å². The lowest BCUT2D eigenvalue weighted by molar-refractivity contribution is -0.132. The van der Waals surface area contributed by atoms with Gasteiger partial charge in [-0.25, -0.2) is 0 Å². The first kappa shape index (κ1) is 16.4. The minimum absolute atomic E-state index is 0.0908. The number of rotatable bonds is 5. The number of morpholine rings is 1. The molecular weight excluding hydrogens is 292 g/mol. The van der Waals surface area contributed by atoms with Crippen molar-refractivity contribution in [2.24, 2.45) is 5.92 Å². The highest BCUT2D eigenvalue weighted by atomic mass is 16.5. The largest absolute Gasteiger partial charge is 0.392 e. The number of benzene rings is 1. The van der Waals surface area contributed by atoms with Crippen LogP contribution in [0.3, 0.4) is 0 Å². The first-order chi connectivity index (χ1) is 11.2. The molecule has 2 fully saturated rings. The molecule has 0 aliphatic carbocycles. The fourth-order valence-corrected chi connectivity index (χ4v) is 3.39. The molecule has 1 N–H and O–H groups in total. The van der Waals surface area contributed by atoms with Crippen molar-refractivity contribution in [1.29, 1.82) is 0 Å². The van der Waals surface area contributed by atoms with Gasteiger partial charge in [-0.05, 0) is 29.9 Å². The minimum atomic E-state index is 0.0908. The van der Waals surface area contributed by atoms with Gasteiger partial charge < -0.3 is 14.7 Å². The predicted molar refractivity (Wildman–Crippen MR) is 88.0 cm³/mol. The standard InChI is InChI=1S/C18H26N2O3/c21-14-16-3-1-15(2-4-16)11-17-5-6-20(12-17)18(22)13-19-7-9-23-10-8-19/h1-4,17,21H,5-14H2. The molecule has 126 valence electrons. The van der Waals surface area contributed by atoms with Crippen LogP contribution in [-0.2, 0) is 22.6 Å². The third kappa shape index (κ3) is 4.53. The number of aliphatic hydroxyl groups is 1. The molecule has 2 aliphatic heterocycles. The summed E-state index contributed by atoms with van der Waals surface area (Å²) in [5.41, 5.74) is 2.23. The van der Waals surface area contributed by atoms with E-state index in [2.05, 4.69) is 17.0 Å². The summed E-state index contributed by atoms with van der Waals surface area (Å²) in [7, 11) is 0. The lowest BCUT2D eigenvalue weighted by Crippen LogP contribution is -2.44. The Hall–Kier alpha value is -1.43. The summed E-state index contributed by atoms with van der Waals surface area (Å²) in [6.07, 6.45) is 2.09. The molecule has 0 aromatic heterocycles. The Morgan fingerprint density at radius 3 is 2.52 bits per heavy atom. The van der Waals surface area contributed by atoms with Gasteiger partial charge in [0.25, 0.3) is 0 Å². The van der Waals surface area contributed by atoms with E-state index in [9.17, 15) is 4.79 Å². The van der Waals surface area contributed by atoms with Gasteiger partial charge in [-0.1, -0.05) is 24.3 Å². The van der Waals surface area contributed by atoms with Gasteiger partial charge in [-0.15, -0.1) is 0 Å². The van der Waals surface area contributed by atoms with Crippen LogP contribution in [0.1, 0.15) is 17.5 Å².